The standard InChI is InChI=1S/C24H32N6O3S/c1-2-17-34(32,33)30-15-13-29(14-16-30)22-9-5-20(6-10-22)23(31)27-18-19-3-7-21(8-4-19)28-24-25-11-12-26-24/h3-10H,2,11-18H2,1H3,(H,27,31)(H2,25,26,28). The Kier molecular flexibility index (Phi) is 7.69. The SMILES string of the molecule is CCCS(=O)(=O)N1CCN(c2ccc(C(=O)NCc3ccc(NC4=NCCN4)cc3)cc2)CC1. The molecule has 1 fully saturated rings. The molecular formula is C24H32N6O3S. The van der Waals surface area contributed by atoms with Crippen LogP contribution < -0.4 is 20.9 Å². The van der Waals surface area contributed by atoms with Gasteiger partial charge in [0.05, 0.1) is 12.3 Å². The smallest absolute Gasteiger partial charge is 0.251 e. The first-order valence-electron chi connectivity index (χ1n) is 11.7. The number of nitrogens with zero attached hydrogens (tertiary/aromatic N) is 3. The lowest BCUT2D eigenvalue weighted by atomic mass is 10.1. The minimum absolute atomic E-state index is 0.131. The van der Waals surface area contributed by atoms with E-state index >= 15 is 0 Å². The van der Waals surface area contributed by atoms with Crippen molar-refractivity contribution in [2.45, 2.75) is 19.9 Å². The van der Waals surface area contributed by atoms with E-state index in [0.29, 0.717) is 44.7 Å². The van der Waals surface area contributed by atoms with Crippen LogP contribution in [0.3, 0.4) is 0 Å². The van der Waals surface area contributed by atoms with E-state index in [-0.39, 0.29) is 11.7 Å². The molecule has 2 aliphatic heterocycles. The molecule has 4 rings (SSSR count). The number of guanidine groups is 1. The van der Waals surface area contributed by atoms with Gasteiger partial charge in [-0.15, -0.1) is 0 Å². The highest BCUT2D eigenvalue weighted by Crippen LogP contribution is 2.19. The highest BCUT2D eigenvalue weighted by Gasteiger charge is 2.26. The molecule has 182 valence electrons. The Morgan fingerprint density at radius 3 is 2.35 bits per heavy atom. The van der Waals surface area contributed by atoms with Gasteiger partial charge in [-0.05, 0) is 48.4 Å². The first-order valence-corrected chi connectivity index (χ1v) is 13.3. The lowest BCUT2D eigenvalue weighted by molar-refractivity contribution is 0.0951. The average molecular weight is 485 g/mol. The van der Waals surface area contributed by atoms with E-state index in [1.807, 2.05) is 55.5 Å². The fourth-order valence-electron chi connectivity index (χ4n) is 4.04. The number of nitrogens with one attached hydrogen (secondary N) is 3. The van der Waals surface area contributed by atoms with Crippen molar-refractivity contribution < 1.29 is 13.2 Å². The Morgan fingerprint density at radius 1 is 1.03 bits per heavy atom. The number of hydrogen-bond donors (Lipinski definition) is 3. The maximum atomic E-state index is 12.6. The van der Waals surface area contributed by atoms with Crippen LogP contribution in [-0.4, -0.2) is 69.6 Å². The second-order valence-electron chi connectivity index (χ2n) is 8.41. The van der Waals surface area contributed by atoms with Crippen LogP contribution in [0.4, 0.5) is 11.4 Å². The minimum Gasteiger partial charge on any atom is -0.369 e. The molecule has 2 heterocycles. The van der Waals surface area contributed by atoms with Gasteiger partial charge in [0.15, 0.2) is 5.96 Å². The zero-order valence-electron chi connectivity index (χ0n) is 19.5. The highest BCUT2D eigenvalue weighted by molar-refractivity contribution is 7.89. The maximum absolute atomic E-state index is 12.6. The third-order valence-corrected chi connectivity index (χ3v) is 8.01. The van der Waals surface area contributed by atoms with Gasteiger partial charge in [-0.1, -0.05) is 19.1 Å². The lowest BCUT2D eigenvalue weighted by Gasteiger charge is -2.35. The van der Waals surface area contributed by atoms with Crippen molar-refractivity contribution in [1.82, 2.24) is 14.9 Å². The molecule has 1 saturated heterocycles. The highest BCUT2D eigenvalue weighted by atomic mass is 32.2. The third-order valence-electron chi connectivity index (χ3n) is 5.93. The van der Waals surface area contributed by atoms with Crippen LogP contribution in [0, 0.1) is 0 Å². The monoisotopic (exact) mass is 484 g/mol. The van der Waals surface area contributed by atoms with Crippen molar-refractivity contribution in [2.24, 2.45) is 4.99 Å². The molecule has 0 aliphatic carbocycles. The van der Waals surface area contributed by atoms with Crippen LogP contribution in [0.2, 0.25) is 0 Å². The van der Waals surface area contributed by atoms with Crippen molar-refractivity contribution in [1.29, 1.82) is 0 Å². The Balaban J connectivity index is 1.25. The molecule has 1 amide bonds. The topological polar surface area (TPSA) is 106 Å². The van der Waals surface area contributed by atoms with Crippen LogP contribution in [0.1, 0.15) is 29.3 Å². The summed E-state index contributed by atoms with van der Waals surface area (Å²) < 4.78 is 26.1. The molecule has 0 atom stereocenters. The summed E-state index contributed by atoms with van der Waals surface area (Å²) in [5, 5.41) is 9.35. The third kappa shape index (κ3) is 6.06. The Labute approximate surface area is 201 Å². The molecular weight excluding hydrogens is 452 g/mol. The van der Waals surface area contributed by atoms with E-state index in [0.717, 1.165) is 36.0 Å². The van der Waals surface area contributed by atoms with E-state index in [1.54, 1.807) is 4.31 Å². The van der Waals surface area contributed by atoms with Crippen molar-refractivity contribution in [2.75, 3.05) is 55.2 Å². The summed E-state index contributed by atoms with van der Waals surface area (Å²) in [4.78, 5) is 19.0. The molecule has 0 aromatic heterocycles. The summed E-state index contributed by atoms with van der Waals surface area (Å²) in [6.07, 6.45) is 0.627. The Morgan fingerprint density at radius 2 is 1.74 bits per heavy atom. The predicted molar refractivity (Wildman–Crippen MR) is 136 cm³/mol. The molecule has 3 N–H and O–H groups in total. The van der Waals surface area contributed by atoms with Crippen LogP contribution in [0.5, 0.6) is 0 Å². The normalized spacial score (nSPS) is 16.6. The van der Waals surface area contributed by atoms with Gasteiger partial charge in [0.25, 0.3) is 5.91 Å². The van der Waals surface area contributed by atoms with Crippen molar-refractivity contribution in [3.63, 3.8) is 0 Å². The van der Waals surface area contributed by atoms with Crippen molar-refractivity contribution >= 4 is 33.3 Å². The number of rotatable bonds is 8. The van der Waals surface area contributed by atoms with Crippen LogP contribution in [0.25, 0.3) is 0 Å². The summed E-state index contributed by atoms with van der Waals surface area (Å²) in [6.45, 7) is 6.22. The number of benzene rings is 2. The van der Waals surface area contributed by atoms with Crippen LogP contribution in [-0.2, 0) is 16.6 Å². The first kappa shape index (κ1) is 24.0. The van der Waals surface area contributed by atoms with E-state index in [2.05, 4.69) is 25.8 Å². The molecule has 0 spiro atoms. The Hall–Kier alpha value is -3.11. The number of piperazine rings is 1. The summed E-state index contributed by atoms with van der Waals surface area (Å²) in [7, 11) is -3.15. The number of carbonyl (C=O) groups excluding carboxylic acids is 1. The summed E-state index contributed by atoms with van der Waals surface area (Å²) in [6, 6.07) is 15.3. The average Bonchev–Trinajstić information content (AvgIpc) is 3.37. The zero-order chi connectivity index (χ0) is 24.0. The maximum Gasteiger partial charge on any atom is 0.251 e. The van der Waals surface area contributed by atoms with Gasteiger partial charge in [0.1, 0.15) is 0 Å². The second-order valence-corrected chi connectivity index (χ2v) is 10.5. The van der Waals surface area contributed by atoms with Gasteiger partial charge in [-0.3, -0.25) is 9.79 Å². The number of aliphatic imine (C=N–C) groups is 1. The zero-order valence-corrected chi connectivity index (χ0v) is 20.3. The number of amides is 1. The van der Waals surface area contributed by atoms with Gasteiger partial charge in [0.2, 0.25) is 10.0 Å². The fraction of sp³-hybridized carbons (Fsp3) is 0.417. The molecule has 0 radical (unpaired) electrons. The first-order chi connectivity index (χ1) is 16.4. The quantitative estimate of drug-likeness (QED) is 0.528. The molecule has 0 unspecified atom stereocenters. The lowest BCUT2D eigenvalue weighted by Crippen LogP contribution is -2.49. The van der Waals surface area contributed by atoms with Gasteiger partial charge in [-0.25, -0.2) is 8.42 Å². The fourth-order valence-corrected chi connectivity index (χ4v) is 5.54. The second kappa shape index (κ2) is 10.9. The van der Waals surface area contributed by atoms with E-state index < -0.39 is 10.0 Å². The minimum atomic E-state index is -3.15. The largest absolute Gasteiger partial charge is 0.369 e. The number of anilines is 2. The molecule has 9 nitrogen and oxygen atoms in total. The summed E-state index contributed by atoms with van der Waals surface area (Å²) >= 11 is 0. The molecule has 0 bridgehead atoms. The van der Waals surface area contributed by atoms with Gasteiger partial charge >= 0.3 is 0 Å². The summed E-state index contributed by atoms with van der Waals surface area (Å²) in [5.41, 5.74) is 3.54. The number of hydrogen-bond acceptors (Lipinski definition) is 7. The molecule has 0 saturated carbocycles. The van der Waals surface area contributed by atoms with E-state index in [4.69, 9.17) is 0 Å². The van der Waals surface area contributed by atoms with Gasteiger partial charge < -0.3 is 20.9 Å². The summed E-state index contributed by atoms with van der Waals surface area (Å²) in [5.74, 6) is 0.854. The van der Waals surface area contributed by atoms with Gasteiger partial charge in [0, 0.05) is 56.2 Å². The molecule has 34 heavy (non-hydrogen) atoms. The molecule has 2 aromatic carbocycles. The van der Waals surface area contributed by atoms with Crippen LogP contribution >= 0.6 is 0 Å². The van der Waals surface area contributed by atoms with Crippen molar-refractivity contribution in [3.05, 3.63) is 59.7 Å². The van der Waals surface area contributed by atoms with Crippen LogP contribution in [0.15, 0.2) is 53.5 Å². The van der Waals surface area contributed by atoms with Crippen molar-refractivity contribution in [3.8, 4) is 0 Å². The van der Waals surface area contributed by atoms with E-state index in [9.17, 15) is 13.2 Å². The molecule has 10 heteroatoms. The number of carbonyl (C=O) groups is 1. The van der Waals surface area contributed by atoms with E-state index in [1.165, 1.54) is 0 Å². The molecule has 2 aromatic rings. The number of sulfonamides is 1. The Bertz CT molecular complexity index is 1110. The molecule has 2 aliphatic rings. The predicted octanol–water partition coefficient (Wildman–Crippen LogP) is 1.85. The van der Waals surface area contributed by atoms with Gasteiger partial charge in [-0.2, -0.15) is 4.31 Å².